The van der Waals surface area contributed by atoms with Crippen LogP contribution in [0.3, 0.4) is 0 Å². The fourth-order valence-corrected chi connectivity index (χ4v) is 3.12. The molecule has 1 atom stereocenters. The maximum Gasteiger partial charge on any atom is 0.123 e. The topological polar surface area (TPSA) is 29.9 Å². The predicted molar refractivity (Wildman–Crippen MR) is 82.2 cm³/mol. The van der Waals surface area contributed by atoms with Gasteiger partial charge in [0.15, 0.2) is 0 Å². The molecular weight excluding hydrogens is 321 g/mol. The van der Waals surface area contributed by atoms with E-state index in [9.17, 15) is 4.39 Å². The SMILES string of the molecule is CCc1nn(C)c(CC(NC)c2cccc(F)c2)c1Br. The van der Waals surface area contributed by atoms with Crippen molar-refractivity contribution in [1.82, 2.24) is 15.1 Å². The van der Waals surface area contributed by atoms with Crippen LogP contribution < -0.4 is 5.32 Å². The summed E-state index contributed by atoms with van der Waals surface area (Å²) in [6.07, 6.45) is 1.64. The molecule has 1 unspecified atom stereocenters. The molecule has 1 heterocycles. The van der Waals surface area contributed by atoms with Crippen LogP contribution in [0.2, 0.25) is 0 Å². The third kappa shape index (κ3) is 3.10. The predicted octanol–water partition coefficient (Wildman–Crippen LogP) is 3.39. The Morgan fingerprint density at radius 3 is 2.75 bits per heavy atom. The molecule has 1 N–H and O–H groups in total. The Morgan fingerprint density at radius 2 is 2.20 bits per heavy atom. The van der Waals surface area contributed by atoms with E-state index in [0.29, 0.717) is 0 Å². The average molecular weight is 340 g/mol. The zero-order valence-corrected chi connectivity index (χ0v) is 13.5. The zero-order valence-electron chi connectivity index (χ0n) is 12.0. The largest absolute Gasteiger partial charge is 0.313 e. The molecule has 0 radical (unpaired) electrons. The third-order valence-electron chi connectivity index (χ3n) is 3.50. The molecule has 2 rings (SSSR count). The minimum absolute atomic E-state index is 0.0575. The molecule has 1 aromatic heterocycles. The van der Waals surface area contributed by atoms with Crippen molar-refractivity contribution < 1.29 is 4.39 Å². The van der Waals surface area contributed by atoms with Crippen LogP contribution in [0.1, 0.15) is 29.9 Å². The van der Waals surface area contributed by atoms with Crippen molar-refractivity contribution in [2.75, 3.05) is 7.05 Å². The van der Waals surface area contributed by atoms with Crippen LogP contribution in [0, 0.1) is 5.82 Å². The van der Waals surface area contributed by atoms with Crippen LogP contribution in [-0.2, 0) is 19.9 Å². The summed E-state index contributed by atoms with van der Waals surface area (Å²) in [7, 11) is 3.83. The summed E-state index contributed by atoms with van der Waals surface area (Å²) in [6.45, 7) is 2.08. The second-order valence-electron chi connectivity index (χ2n) is 4.78. The molecule has 2 aromatic rings. The van der Waals surface area contributed by atoms with Crippen LogP contribution in [0.4, 0.5) is 4.39 Å². The number of nitrogens with zero attached hydrogens (tertiary/aromatic N) is 2. The lowest BCUT2D eigenvalue weighted by molar-refractivity contribution is 0.552. The lowest BCUT2D eigenvalue weighted by Gasteiger charge is -2.17. The van der Waals surface area contributed by atoms with Crippen molar-refractivity contribution in [3.05, 3.63) is 51.5 Å². The molecule has 5 heteroatoms. The molecular formula is C15H19BrFN3. The molecule has 0 spiro atoms. The molecule has 20 heavy (non-hydrogen) atoms. The quantitative estimate of drug-likeness (QED) is 0.904. The number of likely N-dealkylation sites (N-methyl/N-ethyl adjacent to an activating group) is 1. The first-order chi connectivity index (χ1) is 9.56. The van der Waals surface area contributed by atoms with Crippen molar-refractivity contribution >= 4 is 15.9 Å². The highest BCUT2D eigenvalue weighted by atomic mass is 79.9. The molecule has 0 amide bonds. The van der Waals surface area contributed by atoms with E-state index in [1.54, 1.807) is 12.1 Å². The normalized spacial score (nSPS) is 12.7. The number of aryl methyl sites for hydroxylation is 2. The molecule has 0 saturated heterocycles. The number of benzene rings is 1. The van der Waals surface area contributed by atoms with Crippen LogP contribution in [0.5, 0.6) is 0 Å². The van der Waals surface area contributed by atoms with Gasteiger partial charge in [-0.2, -0.15) is 5.10 Å². The van der Waals surface area contributed by atoms with Gasteiger partial charge in [0.1, 0.15) is 5.82 Å². The van der Waals surface area contributed by atoms with Gasteiger partial charge in [0.25, 0.3) is 0 Å². The van der Waals surface area contributed by atoms with E-state index in [4.69, 9.17) is 0 Å². The van der Waals surface area contributed by atoms with Gasteiger partial charge in [0, 0.05) is 19.5 Å². The lowest BCUT2D eigenvalue weighted by atomic mass is 10.0. The number of rotatable bonds is 5. The van der Waals surface area contributed by atoms with Crippen LogP contribution in [-0.4, -0.2) is 16.8 Å². The Bertz CT molecular complexity index is 595. The first kappa shape index (κ1) is 15.2. The molecule has 0 saturated carbocycles. The number of hydrogen-bond acceptors (Lipinski definition) is 2. The summed E-state index contributed by atoms with van der Waals surface area (Å²) < 4.78 is 16.3. The number of aromatic nitrogens is 2. The maximum atomic E-state index is 13.4. The van der Waals surface area contributed by atoms with Crippen LogP contribution in [0.25, 0.3) is 0 Å². The summed E-state index contributed by atoms with van der Waals surface area (Å²) in [4.78, 5) is 0. The number of hydrogen-bond donors (Lipinski definition) is 1. The van der Waals surface area contributed by atoms with Crippen molar-refractivity contribution in [3.8, 4) is 0 Å². The van der Waals surface area contributed by atoms with Crippen molar-refractivity contribution in [1.29, 1.82) is 0 Å². The van der Waals surface area contributed by atoms with Crippen molar-refractivity contribution in [2.45, 2.75) is 25.8 Å². The van der Waals surface area contributed by atoms with Gasteiger partial charge in [0.05, 0.1) is 15.9 Å². The summed E-state index contributed by atoms with van der Waals surface area (Å²) in [5, 5.41) is 7.74. The van der Waals surface area contributed by atoms with Gasteiger partial charge in [-0.15, -0.1) is 0 Å². The minimum atomic E-state index is -0.207. The highest BCUT2D eigenvalue weighted by Gasteiger charge is 2.18. The fraction of sp³-hybridized carbons (Fsp3) is 0.400. The second-order valence-corrected chi connectivity index (χ2v) is 5.58. The van der Waals surface area contributed by atoms with E-state index in [-0.39, 0.29) is 11.9 Å². The highest BCUT2D eigenvalue weighted by molar-refractivity contribution is 9.10. The van der Waals surface area contributed by atoms with Gasteiger partial charge in [-0.25, -0.2) is 4.39 Å². The molecule has 1 aromatic carbocycles. The smallest absolute Gasteiger partial charge is 0.123 e. The fourth-order valence-electron chi connectivity index (χ4n) is 2.34. The number of halogens is 2. The van der Waals surface area contributed by atoms with Gasteiger partial charge in [-0.05, 0) is 47.1 Å². The Hall–Kier alpha value is -1.20. The van der Waals surface area contributed by atoms with E-state index in [1.807, 2.05) is 24.8 Å². The molecule has 0 aliphatic rings. The number of nitrogens with one attached hydrogen (secondary N) is 1. The Morgan fingerprint density at radius 1 is 1.45 bits per heavy atom. The van der Waals surface area contributed by atoms with Gasteiger partial charge >= 0.3 is 0 Å². The van der Waals surface area contributed by atoms with E-state index in [0.717, 1.165) is 34.3 Å². The first-order valence-corrected chi connectivity index (χ1v) is 7.49. The Kier molecular flexibility index (Phi) is 4.94. The van der Waals surface area contributed by atoms with Gasteiger partial charge in [-0.1, -0.05) is 19.1 Å². The Labute approximate surface area is 127 Å². The Balaban J connectivity index is 2.29. The molecule has 0 aliphatic heterocycles. The van der Waals surface area contributed by atoms with Gasteiger partial charge < -0.3 is 5.32 Å². The monoisotopic (exact) mass is 339 g/mol. The summed E-state index contributed by atoms with van der Waals surface area (Å²) >= 11 is 3.62. The van der Waals surface area contributed by atoms with Crippen LogP contribution in [0.15, 0.2) is 28.7 Å². The summed E-state index contributed by atoms with van der Waals surface area (Å²) in [6, 6.07) is 6.78. The zero-order chi connectivity index (χ0) is 14.7. The van der Waals surface area contributed by atoms with Gasteiger partial charge in [-0.3, -0.25) is 4.68 Å². The molecule has 108 valence electrons. The summed E-state index contributed by atoms with van der Waals surface area (Å²) in [5.41, 5.74) is 3.11. The highest BCUT2D eigenvalue weighted by Crippen LogP contribution is 2.26. The van der Waals surface area contributed by atoms with Crippen molar-refractivity contribution in [3.63, 3.8) is 0 Å². The maximum absolute atomic E-state index is 13.4. The summed E-state index contributed by atoms with van der Waals surface area (Å²) in [5.74, 6) is -0.207. The van der Waals surface area contributed by atoms with Crippen LogP contribution >= 0.6 is 15.9 Å². The molecule has 0 bridgehead atoms. The third-order valence-corrected chi connectivity index (χ3v) is 4.42. The van der Waals surface area contributed by atoms with E-state index in [1.165, 1.54) is 6.07 Å². The van der Waals surface area contributed by atoms with E-state index < -0.39 is 0 Å². The standard InChI is InChI=1S/C15H19BrFN3/c1-4-12-15(16)14(20(3)19-12)9-13(18-2)10-6-5-7-11(17)8-10/h5-8,13,18H,4,9H2,1-3H3. The second kappa shape index (κ2) is 6.50. The van der Waals surface area contributed by atoms with Gasteiger partial charge in [0.2, 0.25) is 0 Å². The molecule has 0 aliphatic carbocycles. The van der Waals surface area contributed by atoms with Crippen molar-refractivity contribution in [2.24, 2.45) is 7.05 Å². The minimum Gasteiger partial charge on any atom is -0.313 e. The first-order valence-electron chi connectivity index (χ1n) is 6.69. The van der Waals surface area contributed by atoms with E-state index in [2.05, 4.69) is 33.3 Å². The molecule has 0 fully saturated rings. The lowest BCUT2D eigenvalue weighted by Crippen LogP contribution is -2.20. The van der Waals surface area contributed by atoms with E-state index >= 15 is 0 Å². The molecule has 3 nitrogen and oxygen atoms in total. The average Bonchev–Trinajstić information content (AvgIpc) is 2.71.